The molecule has 0 spiro atoms. The molecule has 1 amide bonds. The van der Waals surface area contributed by atoms with Gasteiger partial charge in [0.15, 0.2) is 0 Å². The molecule has 0 aliphatic heterocycles. The van der Waals surface area contributed by atoms with E-state index in [1.165, 1.54) is 0 Å². The van der Waals surface area contributed by atoms with Gasteiger partial charge in [0.2, 0.25) is 0 Å². The monoisotopic (exact) mass is 241 g/mol. The Morgan fingerprint density at radius 3 is 3.00 bits per heavy atom. The molecule has 1 aliphatic carbocycles. The Labute approximate surface area is 98.0 Å². The molecule has 86 valence electrons. The number of ether oxygens (including phenoxy) is 1. The largest absolute Gasteiger partial charge is 0.443 e. The van der Waals surface area contributed by atoms with Gasteiger partial charge in [-0.15, -0.1) is 0 Å². The number of halogens is 1. The minimum Gasteiger partial charge on any atom is -0.443 e. The van der Waals surface area contributed by atoms with Gasteiger partial charge in [0.1, 0.15) is 12.2 Å². The number of aryl methyl sites for hydroxylation is 1. The second-order valence-corrected chi connectivity index (χ2v) is 4.18. The number of primary amides is 1. The second-order valence-electron chi connectivity index (χ2n) is 3.77. The maximum atomic E-state index is 10.7. The average molecular weight is 242 g/mol. The summed E-state index contributed by atoms with van der Waals surface area (Å²) in [6.07, 6.45) is -1.11. The molecule has 0 bridgehead atoms. The van der Waals surface area contributed by atoms with Crippen LogP contribution in [0, 0.1) is 0 Å². The van der Waals surface area contributed by atoms with Crippen LogP contribution in [0.25, 0.3) is 0 Å². The minimum atomic E-state index is -0.898. The van der Waals surface area contributed by atoms with E-state index in [9.17, 15) is 9.90 Å². The van der Waals surface area contributed by atoms with E-state index in [1.54, 1.807) is 6.07 Å². The van der Waals surface area contributed by atoms with Crippen LogP contribution in [-0.2, 0) is 11.2 Å². The zero-order chi connectivity index (χ0) is 11.7. The topological polar surface area (TPSA) is 72.6 Å². The predicted octanol–water partition coefficient (Wildman–Crippen LogP) is 1.78. The summed E-state index contributed by atoms with van der Waals surface area (Å²) in [5.41, 5.74) is 6.57. The average Bonchev–Trinajstić information content (AvgIpc) is 2.22. The third kappa shape index (κ3) is 1.99. The summed E-state index contributed by atoms with van der Waals surface area (Å²) in [4.78, 5) is 10.7. The fraction of sp³-hybridized carbons (Fsp3) is 0.364. The zero-order valence-corrected chi connectivity index (χ0v) is 9.28. The summed E-state index contributed by atoms with van der Waals surface area (Å²) >= 11 is 6.01. The van der Waals surface area contributed by atoms with Crippen molar-refractivity contribution in [2.45, 2.75) is 25.0 Å². The van der Waals surface area contributed by atoms with Gasteiger partial charge in [-0.25, -0.2) is 4.79 Å². The first-order valence-corrected chi connectivity index (χ1v) is 5.39. The highest BCUT2D eigenvalue weighted by Crippen LogP contribution is 2.36. The van der Waals surface area contributed by atoms with E-state index < -0.39 is 18.3 Å². The Hall–Kier alpha value is -1.26. The first-order chi connectivity index (χ1) is 7.59. The molecule has 2 unspecified atom stereocenters. The van der Waals surface area contributed by atoms with Crippen LogP contribution in [0.5, 0.6) is 0 Å². The Morgan fingerprint density at radius 1 is 1.56 bits per heavy atom. The summed E-state index contributed by atoms with van der Waals surface area (Å²) in [6, 6.07) is 5.45. The van der Waals surface area contributed by atoms with E-state index in [2.05, 4.69) is 0 Å². The number of carbonyl (C=O) groups excluding carboxylic acids is 1. The number of hydrogen-bond donors (Lipinski definition) is 2. The van der Waals surface area contributed by atoms with Crippen molar-refractivity contribution in [1.29, 1.82) is 0 Å². The number of rotatable bonds is 1. The lowest BCUT2D eigenvalue weighted by atomic mass is 9.87. The van der Waals surface area contributed by atoms with Gasteiger partial charge in [-0.05, 0) is 24.5 Å². The molecule has 4 nitrogen and oxygen atoms in total. The Morgan fingerprint density at radius 2 is 2.31 bits per heavy atom. The number of carbonyl (C=O) groups is 1. The van der Waals surface area contributed by atoms with E-state index in [-0.39, 0.29) is 0 Å². The van der Waals surface area contributed by atoms with Gasteiger partial charge in [0.25, 0.3) is 0 Å². The van der Waals surface area contributed by atoms with E-state index in [0.717, 1.165) is 5.56 Å². The molecule has 0 heterocycles. The molecule has 5 heteroatoms. The van der Waals surface area contributed by atoms with Gasteiger partial charge in [-0.3, -0.25) is 0 Å². The molecule has 3 N–H and O–H groups in total. The molecule has 1 aliphatic rings. The lowest BCUT2D eigenvalue weighted by Gasteiger charge is -2.29. The highest BCUT2D eigenvalue weighted by atomic mass is 35.5. The zero-order valence-electron chi connectivity index (χ0n) is 8.52. The van der Waals surface area contributed by atoms with Crippen molar-refractivity contribution >= 4 is 17.7 Å². The van der Waals surface area contributed by atoms with Gasteiger partial charge < -0.3 is 15.6 Å². The van der Waals surface area contributed by atoms with Gasteiger partial charge in [0, 0.05) is 10.6 Å². The molecule has 1 aromatic carbocycles. The van der Waals surface area contributed by atoms with Crippen LogP contribution >= 0.6 is 11.6 Å². The Balaban J connectivity index is 2.30. The third-order valence-corrected chi connectivity index (χ3v) is 3.09. The Kier molecular flexibility index (Phi) is 3.03. The standard InChI is InChI=1S/C11H12ClNO3/c12-7-3-1-2-6-4-5-8(16-11(13)15)10(14)9(6)7/h1-3,8,10,14H,4-5H2,(H2,13,15). The first-order valence-electron chi connectivity index (χ1n) is 5.01. The molecule has 1 aromatic rings. The van der Waals surface area contributed by atoms with Crippen molar-refractivity contribution in [2.24, 2.45) is 5.73 Å². The van der Waals surface area contributed by atoms with Crippen LogP contribution in [0.1, 0.15) is 23.7 Å². The lowest BCUT2D eigenvalue weighted by Crippen LogP contribution is -2.32. The molecule has 2 atom stereocenters. The molecular weight excluding hydrogens is 230 g/mol. The molecule has 0 saturated heterocycles. The van der Waals surface area contributed by atoms with Gasteiger partial charge in [-0.1, -0.05) is 23.7 Å². The smallest absolute Gasteiger partial charge is 0.404 e. The highest BCUT2D eigenvalue weighted by Gasteiger charge is 2.31. The summed E-state index contributed by atoms with van der Waals surface area (Å²) in [7, 11) is 0. The number of hydrogen-bond acceptors (Lipinski definition) is 3. The highest BCUT2D eigenvalue weighted by molar-refractivity contribution is 6.31. The van der Waals surface area contributed by atoms with Crippen LogP contribution < -0.4 is 5.73 Å². The number of nitrogens with two attached hydrogens (primary N) is 1. The van der Waals surface area contributed by atoms with Crippen molar-refractivity contribution in [2.75, 3.05) is 0 Å². The van der Waals surface area contributed by atoms with Crippen LogP contribution in [0.3, 0.4) is 0 Å². The number of benzene rings is 1. The number of aliphatic hydroxyl groups excluding tert-OH is 1. The SMILES string of the molecule is NC(=O)OC1CCc2cccc(Cl)c2C1O. The molecule has 0 saturated carbocycles. The van der Waals surface area contributed by atoms with Crippen molar-refractivity contribution in [3.63, 3.8) is 0 Å². The molecule has 16 heavy (non-hydrogen) atoms. The quantitative estimate of drug-likeness (QED) is 0.787. The fourth-order valence-electron chi connectivity index (χ4n) is 2.05. The van der Waals surface area contributed by atoms with Crippen LogP contribution in [-0.4, -0.2) is 17.3 Å². The van der Waals surface area contributed by atoms with Crippen molar-refractivity contribution < 1.29 is 14.6 Å². The molecule has 0 aromatic heterocycles. The molecular formula is C11H12ClNO3. The lowest BCUT2D eigenvalue weighted by molar-refractivity contribution is -0.00515. The van der Waals surface area contributed by atoms with E-state index >= 15 is 0 Å². The van der Waals surface area contributed by atoms with Crippen LogP contribution in [0.2, 0.25) is 5.02 Å². The van der Waals surface area contributed by atoms with Crippen molar-refractivity contribution in [1.82, 2.24) is 0 Å². The van der Waals surface area contributed by atoms with Gasteiger partial charge >= 0.3 is 6.09 Å². The minimum absolute atomic E-state index is 0.489. The third-order valence-electron chi connectivity index (χ3n) is 2.76. The van der Waals surface area contributed by atoms with Crippen molar-refractivity contribution in [3.05, 3.63) is 34.3 Å². The summed E-state index contributed by atoms with van der Waals surface area (Å²) < 4.78 is 4.85. The number of aliphatic hydroxyl groups is 1. The molecule has 0 fully saturated rings. The van der Waals surface area contributed by atoms with Crippen LogP contribution in [0.15, 0.2) is 18.2 Å². The summed E-state index contributed by atoms with van der Waals surface area (Å²) in [5, 5.41) is 10.5. The number of fused-ring (bicyclic) bond motifs is 1. The number of amides is 1. The summed E-state index contributed by atoms with van der Waals surface area (Å²) in [6.45, 7) is 0. The predicted molar refractivity (Wildman–Crippen MR) is 59.2 cm³/mol. The maximum absolute atomic E-state index is 10.7. The second kappa shape index (κ2) is 4.31. The summed E-state index contributed by atoms with van der Waals surface area (Å²) in [5.74, 6) is 0. The van der Waals surface area contributed by atoms with Crippen molar-refractivity contribution in [3.8, 4) is 0 Å². The van der Waals surface area contributed by atoms with Gasteiger partial charge in [0.05, 0.1) is 0 Å². The normalized spacial score (nSPS) is 23.6. The van der Waals surface area contributed by atoms with Gasteiger partial charge in [-0.2, -0.15) is 0 Å². The van der Waals surface area contributed by atoms with Crippen LogP contribution in [0.4, 0.5) is 4.79 Å². The maximum Gasteiger partial charge on any atom is 0.404 e. The molecule has 0 radical (unpaired) electrons. The first kappa shape index (κ1) is 11.2. The van der Waals surface area contributed by atoms with E-state index in [1.807, 2.05) is 12.1 Å². The fourth-order valence-corrected chi connectivity index (χ4v) is 2.35. The van der Waals surface area contributed by atoms with E-state index in [4.69, 9.17) is 22.1 Å². The Bertz CT molecular complexity index is 422. The molecule has 2 rings (SSSR count). The van der Waals surface area contributed by atoms with E-state index in [0.29, 0.717) is 23.4 Å².